The highest BCUT2D eigenvalue weighted by molar-refractivity contribution is 6.30. The van der Waals surface area contributed by atoms with Crippen molar-refractivity contribution in [3.63, 3.8) is 0 Å². The SMILES string of the molecule is CCCC(CCC)C(NC)c1ccc(Cl)cc1F. The fourth-order valence-corrected chi connectivity index (χ4v) is 2.78. The predicted octanol–water partition coefficient (Wildman–Crippen LogP) is 4.96. The van der Waals surface area contributed by atoms with Crippen molar-refractivity contribution in [1.82, 2.24) is 5.32 Å². The van der Waals surface area contributed by atoms with Crippen LogP contribution in [0.5, 0.6) is 0 Å². The van der Waals surface area contributed by atoms with E-state index in [1.54, 1.807) is 12.1 Å². The lowest BCUT2D eigenvalue weighted by Crippen LogP contribution is -2.26. The fraction of sp³-hybridized carbons (Fsp3) is 0.600. The average Bonchev–Trinajstić information content (AvgIpc) is 2.33. The molecule has 1 rings (SSSR count). The van der Waals surface area contributed by atoms with Gasteiger partial charge in [0.05, 0.1) is 0 Å². The Morgan fingerprint density at radius 1 is 1.22 bits per heavy atom. The van der Waals surface area contributed by atoms with Gasteiger partial charge in [0, 0.05) is 16.6 Å². The highest BCUT2D eigenvalue weighted by Crippen LogP contribution is 2.31. The molecule has 0 aliphatic rings. The molecule has 1 unspecified atom stereocenters. The van der Waals surface area contributed by atoms with E-state index in [1.165, 1.54) is 6.07 Å². The van der Waals surface area contributed by atoms with Crippen molar-refractivity contribution in [2.75, 3.05) is 7.05 Å². The lowest BCUT2D eigenvalue weighted by Gasteiger charge is -2.27. The molecule has 1 atom stereocenters. The summed E-state index contributed by atoms with van der Waals surface area (Å²) in [7, 11) is 1.90. The lowest BCUT2D eigenvalue weighted by molar-refractivity contribution is 0.323. The van der Waals surface area contributed by atoms with Gasteiger partial charge in [0.15, 0.2) is 0 Å². The molecular weight excluding hydrogens is 249 g/mol. The van der Waals surface area contributed by atoms with E-state index in [9.17, 15) is 4.39 Å². The van der Waals surface area contributed by atoms with E-state index in [0.29, 0.717) is 10.9 Å². The van der Waals surface area contributed by atoms with Gasteiger partial charge < -0.3 is 5.32 Å². The van der Waals surface area contributed by atoms with E-state index >= 15 is 0 Å². The van der Waals surface area contributed by atoms with Gasteiger partial charge in [-0.25, -0.2) is 4.39 Å². The first-order chi connectivity index (χ1) is 8.63. The molecule has 0 fully saturated rings. The van der Waals surface area contributed by atoms with E-state index in [1.807, 2.05) is 7.05 Å². The van der Waals surface area contributed by atoms with E-state index < -0.39 is 0 Å². The van der Waals surface area contributed by atoms with Crippen LogP contribution in [0.4, 0.5) is 4.39 Å². The molecular formula is C15H23ClFN. The quantitative estimate of drug-likeness (QED) is 0.739. The Kier molecular flexibility index (Phi) is 6.66. The summed E-state index contributed by atoms with van der Waals surface area (Å²) in [6, 6.07) is 5.04. The number of hydrogen-bond donors (Lipinski definition) is 1. The van der Waals surface area contributed by atoms with Crippen LogP contribution in [0.3, 0.4) is 0 Å². The molecule has 1 aromatic rings. The van der Waals surface area contributed by atoms with Gasteiger partial charge in [0.2, 0.25) is 0 Å². The topological polar surface area (TPSA) is 12.0 Å². The molecule has 1 aromatic carbocycles. The van der Waals surface area contributed by atoms with Crippen molar-refractivity contribution in [1.29, 1.82) is 0 Å². The Morgan fingerprint density at radius 3 is 2.28 bits per heavy atom. The second-order valence-corrected chi connectivity index (χ2v) is 5.21. The number of rotatable bonds is 7. The summed E-state index contributed by atoms with van der Waals surface area (Å²) in [4.78, 5) is 0. The third-order valence-corrected chi connectivity index (χ3v) is 3.63. The minimum Gasteiger partial charge on any atom is -0.313 e. The Morgan fingerprint density at radius 2 is 1.83 bits per heavy atom. The summed E-state index contributed by atoms with van der Waals surface area (Å²) < 4.78 is 14.0. The number of halogens is 2. The Bertz CT molecular complexity index is 362. The zero-order chi connectivity index (χ0) is 13.5. The van der Waals surface area contributed by atoms with Crippen LogP contribution in [0, 0.1) is 11.7 Å². The second kappa shape index (κ2) is 7.75. The summed E-state index contributed by atoms with van der Waals surface area (Å²) in [6.07, 6.45) is 4.47. The summed E-state index contributed by atoms with van der Waals surface area (Å²) in [6.45, 7) is 4.35. The Balaban J connectivity index is 2.98. The van der Waals surface area contributed by atoms with Crippen LogP contribution in [0.2, 0.25) is 5.02 Å². The summed E-state index contributed by atoms with van der Waals surface area (Å²) >= 11 is 5.81. The van der Waals surface area contributed by atoms with Crippen LogP contribution in [0.15, 0.2) is 18.2 Å². The molecule has 0 amide bonds. The first kappa shape index (κ1) is 15.5. The molecule has 102 valence electrons. The first-order valence-electron chi connectivity index (χ1n) is 6.76. The molecule has 1 N–H and O–H groups in total. The molecule has 0 aromatic heterocycles. The zero-order valence-electron chi connectivity index (χ0n) is 11.5. The average molecular weight is 272 g/mol. The zero-order valence-corrected chi connectivity index (χ0v) is 12.2. The van der Waals surface area contributed by atoms with Crippen molar-refractivity contribution in [3.05, 3.63) is 34.6 Å². The van der Waals surface area contributed by atoms with Crippen LogP contribution < -0.4 is 5.32 Å². The first-order valence-corrected chi connectivity index (χ1v) is 7.14. The van der Waals surface area contributed by atoms with Gasteiger partial charge in [-0.3, -0.25) is 0 Å². The molecule has 0 radical (unpaired) electrons. The fourth-order valence-electron chi connectivity index (χ4n) is 2.62. The smallest absolute Gasteiger partial charge is 0.129 e. The van der Waals surface area contributed by atoms with Gasteiger partial charge in [0.1, 0.15) is 5.82 Å². The molecule has 0 aliphatic heterocycles. The van der Waals surface area contributed by atoms with Crippen LogP contribution in [0.25, 0.3) is 0 Å². The molecule has 0 heterocycles. The van der Waals surface area contributed by atoms with Crippen LogP contribution in [-0.4, -0.2) is 7.05 Å². The third-order valence-electron chi connectivity index (χ3n) is 3.40. The van der Waals surface area contributed by atoms with E-state index in [0.717, 1.165) is 31.2 Å². The summed E-state index contributed by atoms with van der Waals surface area (Å²) in [5.41, 5.74) is 0.730. The van der Waals surface area contributed by atoms with Crippen molar-refractivity contribution in [2.24, 2.45) is 5.92 Å². The third kappa shape index (κ3) is 3.96. The number of benzene rings is 1. The van der Waals surface area contributed by atoms with Gasteiger partial charge in [-0.1, -0.05) is 44.4 Å². The maximum absolute atomic E-state index is 14.0. The monoisotopic (exact) mass is 271 g/mol. The van der Waals surface area contributed by atoms with E-state index in [4.69, 9.17) is 11.6 Å². The van der Waals surface area contributed by atoms with Crippen molar-refractivity contribution < 1.29 is 4.39 Å². The Labute approximate surface area is 115 Å². The molecule has 0 spiro atoms. The molecule has 3 heteroatoms. The largest absolute Gasteiger partial charge is 0.313 e. The van der Waals surface area contributed by atoms with Crippen LogP contribution in [-0.2, 0) is 0 Å². The van der Waals surface area contributed by atoms with Gasteiger partial charge in [0.25, 0.3) is 0 Å². The van der Waals surface area contributed by atoms with Gasteiger partial charge in [-0.2, -0.15) is 0 Å². The highest BCUT2D eigenvalue weighted by atomic mass is 35.5. The van der Waals surface area contributed by atoms with Crippen molar-refractivity contribution in [2.45, 2.75) is 45.6 Å². The number of nitrogens with one attached hydrogen (secondary N) is 1. The maximum atomic E-state index is 14.0. The van der Waals surface area contributed by atoms with Crippen molar-refractivity contribution >= 4 is 11.6 Å². The Hall–Kier alpha value is -0.600. The lowest BCUT2D eigenvalue weighted by atomic mass is 9.86. The minimum atomic E-state index is -0.209. The molecule has 0 aliphatic carbocycles. The predicted molar refractivity (Wildman–Crippen MR) is 76.5 cm³/mol. The van der Waals surface area contributed by atoms with Crippen LogP contribution >= 0.6 is 11.6 Å². The minimum absolute atomic E-state index is 0.0715. The molecule has 0 bridgehead atoms. The number of hydrogen-bond acceptors (Lipinski definition) is 1. The van der Waals surface area contributed by atoms with Crippen LogP contribution in [0.1, 0.15) is 51.1 Å². The van der Waals surface area contributed by atoms with Gasteiger partial charge >= 0.3 is 0 Å². The van der Waals surface area contributed by atoms with E-state index in [-0.39, 0.29) is 11.9 Å². The molecule has 0 saturated carbocycles. The molecule has 1 nitrogen and oxygen atoms in total. The summed E-state index contributed by atoms with van der Waals surface area (Å²) in [5.74, 6) is 0.264. The maximum Gasteiger partial charge on any atom is 0.129 e. The van der Waals surface area contributed by atoms with Gasteiger partial charge in [-0.15, -0.1) is 0 Å². The second-order valence-electron chi connectivity index (χ2n) is 4.77. The molecule has 0 saturated heterocycles. The molecule has 18 heavy (non-hydrogen) atoms. The standard InChI is InChI=1S/C15H23ClFN/c1-4-6-11(7-5-2)15(18-3)13-9-8-12(16)10-14(13)17/h8-11,15,18H,4-7H2,1-3H3. The highest BCUT2D eigenvalue weighted by Gasteiger charge is 2.23. The van der Waals surface area contributed by atoms with E-state index in [2.05, 4.69) is 19.2 Å². The normalized spacial score (nSPS) is 13.0. The summed E-state index contributed by atoms with van der Waals surface area (Å²) in [5, 5.41) is 3.72. The van der Waals surface area contributed by atoms with Gasteiger partial charge in [-0.05, 0) is 37.9 Å². The van der Waals surface area contributed by atoms with Crippen molar-refractivity contribution in [3.8, 4) is 0 Å².